The summed E-state index contributed by atoms with van der Waals surface area (Å²) in [5.74, 6) is 0. The van der Waals surface area contributed by atoms with Crippen molar-refractivity contribution in [3.05, 3.63) is 32.2 Å². The molecular weight excluding hydrogens is 250 g/mol. The first-order valence-corrected chi connectivity index (χ1v) is 7.48. The zero-order chi connectivity index (χ0) is 12.3. The molecule has 0 aliphatic rings. The quantitative estimate of drug-likeness (QED) is 0.903. The summed E-state index contributed by atoms with van der Waals surface area (Å²) in [7, 11) is 0. The molecule has 0 amide bonds. The average molecular weight is 267 g/mol. The number of rotatable bonds is 5. The molecule has 1 N–H and O–H groups in total. The molecule has 0 aliphatic carbocycles. The second-order valence-electron chi connectivity index (χ2n) is 3.95. The van der Waals surface area contributed by atoms with Crippen molar-refractivity contribution in [2.75, 3.05) is 6.54 Å². The third-order valence-electron chi connectivity index (χ3n) is 2.59. The van der Waals surface area contributed by atoms with E-state index < -0.39 is 0 Å². The first-order chi connectivity index (χ1) is 8.22. The molecule has 2 rings (SSSR count). The summed E-state index contributed by atoms with van der Waals surface area (Å²) in [5.41, 5.74) is 1.13. The van der Waals surface area contributed by atoms with Crippen LogP contribution < -0.4 is 5.32 Å². The number of nitrogens with one attached hydrogen (secondary N) is 1. The summed E-state index contributed by atoms with van der Waals surface area (Å²) in [6, 6.07) is 0.160. The van der Waals surface area contributed by atoms with Gasteiger partial charge in [-0.15, -0.1) is 22.7 Å². The van der Waals surface area contributed by atoms with Gasteiger partial charge in [0.1, 0.15) is 16.1 Å². The average Bonchev–Trinajstić information content (AvgIpc) is 2.92. The molecule has 1 atom stereocenters. The van der Waals surface area contributed by atoms with Crippen molar-refractivity contribution < 1.29 is 0 Å². The van der Waals surface area contributed by atoms with Crippen LogP contribution in [0.25, 0.3) is 0 Å². The van der Waals surface area contributed by atoms with Gasteiger partial charge >= 0.3 is 0 Å². The topological polar surface area (TPSA) is 37.8 Å². The van der Waals surface area contributed by atoms with E-state index in [0.717, 1.165) is 28.7 Å². The maximum Gasteiger partial charge on any atom is 0.117 e. The fourth-order valence-electron chi connectivity index (χ4n) is 1.57. The van der Waals surface area contributed by atoms with E-state index in [4.69, 9.17) is 0 Å². The standard InChI is InChI=1S/C12H17N3S2/c1-4-5-13-10(11-14-6-7-16-11)12-15-8(2)9(3)17-12/h6-7,10,13H,4-5H2,1-3H3. The molecule has 0 saturated carbocycles. The van der Waals surface area contributed by atoms with Crippen molar-refractivity contribution in [2.24, 2.45) is 0 Å². The molecule has 17 heavy (non-hydrogen) atoms. The lowest BCUT2D eigenvalue weighted by Crippen LogP contribution is -2.22. The summed E-state index contributed by atoms with van der Waals surface area (Å²) in [6.07, 6.45) is 2.97. The highest BCUT2D eigenvalue weighted by atomic mass is 32.1. The smallest absolute Gasteiger partial charge is 0.117 e. The summed E-state index contributed by atoms with van der Waals surface area (Å²) in [4.78, 5) is 10.3. The molecule has 0 bridgehead atoms. The van der Waals surface area contributed by atoms with Crippen LogP contribution in [-0.4, -0.2) is 16.5 Å². The molecule has 0 saturated heterocycles. The van der Waals surface area contributed by atoms with Crippen molar-refractivity contribution in [1.29, 1.82) is 0 Å². The lowest BCUT2D eigenvalue weighted by molar-refractivity contribution is 0.592. The molecular formula is C12H17N3S2. The summed E-state index contributed by atoms with van der Waals surface area (Å²) in [5, 5.41) is 7.77. The largest absolute Gasteiger partial charge is 0.302 e. The molecule has 0 radical (unpaired) electrons. The van der Waals surface area contributed by atoms with Gasteiger partial charge in [-0.2, -0.15) is 0 Å². The van der Waals surface area contributed by atoms with Gasteiger partial charge in [-0.05, 0) is 26.8 Å². The molecule has 1 unspecified atom stereocenters. The van der Waals surface area contributed by atoms with Crippen molar-refractivity contribution in [1.82, 2.24) is 15.3 Å². The normalized spacial score (nSPS) is 12.9. The van der Waals surface area contributed by atoms with Gasteiger partial charge in [0.2, 0.25) is 0 Å². The van der Waals surface area contributed by atoms with E-state index in [1.54, 1.807) is 22.7 Å². The molecule has 0 aromatic carbocycles. The first-order valence-electron chi connectivity index (χ1n) is 5.79. The molecule has 2 heterocycles. The predicted molar refractivity (Wildman–Crippen MR) is 73.8 cm³/mol. The Balaban J connectivity index is 2.26. The van der Waals surface area contributed by atoms with Gasteiger partial charge in [-0.3, -0.25) is 0 Å². The molecule has 92 valence electrons. The van der Waals surface area contributed by atoms with E-state index in [-0.39, 0.29) is 6.04 Å². The monoisotopic (exact) mass is 267 g/mol. The third kappa shape index (κ3) is 2.91. The Labute approximate surface area is 110 Å². The van der Waals surface area contributed by atoms with Crippen LogP contribution in [0.15, 0.2) is 11.6 Å². The highest BCUT2D eigenvalue weighted by Gasteiger charge is 2.20. The van der Waals surface area contributed by atoms with Crippen LogP contribution in [0.3, 0.4) is 0 Å². The Bertz CT molecular complexity index is 443. The minimum atomic E-state index is 0.160. The Morgan fingerprint density at radius 1 is 1.35 bits per heavy atom. The second-order valence-corrected chi connectivity index (χ2v) is 6.11. The van der Waals surface area contributed by atoms with Crippen LogP contribution in [0.2, 0.25) is 0 Å². The third-order valence-corrected chi connectivity index (χ3v) is 4.57. The minimum absolute atomic E-state index is 0.160. The van der Waals surface area contributed by atoms with Crippen LogP contribution >= 0.6 is 22.7 Å². The molecule has 0 aliphatic heterocycles. The van der Waals surface area contributed by atoms with E-state index in [0.29, 0.717) is 0 Å². The van der Waals surface area contributed by atoms with Gasteiger partial charge in [0.25, 0.3) is 0 Å². The molecule has 0 spiro atoms. The van der Waals surface area contributed by atoms with Gasteiger partial charge in [0.15, 0.2) is 0 Å². The number of thiazole rings is 2. The minimum Gasteiger partial charge on any atom is -0.302 e. The zero-order valence-electron chi connectivity index (χ0n) is 10.4. The van der Waals surface area contributed by atoms with Crippen LogP contribution in [0.1, 0.15) is 40.0 Å². The van der Waals surface area contributed by atoms with Crippen LogP contribution in [0.4, 0.5) is 0 Å². The molecule has 5 heteroatoms. The van der Waals surface area contributed by atoms with E-state index in [1.807, 2.05) is 11.6 Å². The van der Waals surface area contributed by atoms with E-state index in [2.05, 4.69) is 36.1 Å². The predicted octanol–water partition coefficient (Wildman–Crippen LogP) is 3.31. The Hall–Kier alpha value is -0.780. The van der Waals surface area contributed by atoms with E-state index in [9.17, 15) is 0 Å². The summed E-state index contributed by atoms with van der Waals surface area (Å²) >= 11 is 3.45. The van der Waals surface area contributed by atoms with Crippen molar-refractivity contribution in [3.8, 4) is 0 Å². The fourth-order valence-corrected chi connectivity index (χ4v) is 3.36. The number of hydrogen-bond donors (Lipinski definition) is 1. The van der Waals surface area contributed by atoms with Crippen molar-refractivity contribution in [2.45, 2.75) is 33.2 Å². The summed E-state index contributed by atoms with van der Waals surface area (Å²) < 4.78 is 0. The van der Waals surface area contributed by atoms with Crippen molar-refractivity contribution >= 4 is 22.7 Å². The lowest BCUT2D eigenvalue weighted by Gasteiger charge is -2.13. The number of nitrogens with zero attached hydrogens (tertiary/aromatic N) is 2. The zero-order valence-corrected chi connectivity index (χ0v) is 12.0. The fraction of sp³-hybridized carbons (Fsp3) is 0.500. The van der Waals surface area contributed by atoms with Crippen molar-refractivity contribution in [3.63, 3.8) is 0 Å². The highest BCUT2D eigenvalue weighted by molar-refractivity contribution is 7.12. The maximum absolute atomic E-state index is 4.64. The first kappa shape index (κ1) is 12.7. The van der Waals surface area contributed by atoms with E-state index in [1.165, 1.54) is 4.88 Å². The van der Waals surface area contributed by atoms with Gasteiger partial charge in [0, 0.05) is 16.5 Å². The van der Waals surface area contributed by atoms with Gasteiger partial charge in [-0.25, -0.2) is 9.97 Å². The highest BCUT2D eigenvalue weighted by Crippen LogP contribution is 2.28. The van der Waals surface area contributed by atoms with Crippen LogP contribution in [-0.2, 0) is 0 Å². The molecule has 2 aromatic rings. The van der Waals surface area contributed by atoms with Crippen LogP contribution in [0, 0.1) is 13.8 Å². The maximum atomic E-state index is 4.64. The van der Waals surface area contributed by atoms with Gasteiger partial charge in [-0.1, -0.05) is 6.92 Å². The number of aryl methyl sites for hydroxylation is 2. The van der Waals surface area contributed by atoms with E-state index >= 15 is 0 Å². The SMILES string of the molecule is CCCNC(c1nccs1)c1nc(C)c(C)s1. The van der Waals surface area contributed by atoms with Gasteiger partial charge < -0.3 is 5.32 Å². The molecule has 3 nitrogen and oxygen atoms in total. The Kier molecular flexibility index (Phi) is 4.25. The number of aromatic nitrogens is 2. The van der Waals surface area contributed by atoms with Gasteiger partial charge in [0.05, 0.1) is 5.69 Å². The Morgan fingerprint density at radius 3 is 2.71 bits per heavy atom. The second kappa shape index (κ2) is 5.71. The Morgan fingerprint density at radius 2 is 2.18 bits per heavy atom. The summed E-state index contributed by atoms with van der Waals surface area (Å²) in [6.45, 7) is 7.34. The molecule has 0 fully saturated rings. The lowest BCUT2D eigenvalue weighted by atomic mass is 10.3. The van der Waals surface area contributed by atoms with Crippen LogP contribution in [0.5, 0.6) is 0 Å². The molecule has 2 aromatic heterocycles. The number of hydrogen-bond acceptors (Lipinski definition) is 5.